The van der Waals surface area contributed by atoms with Gasteiger partial charge >= 0.3 is 6.03 Å². The summed E-state index contributed by atoms with van der Waals surface area (Å²) in [6.07, 6.45) is 0.770. The molecule has 0 spiro atoms. The van der Waals surface area contributed by atoms with E-state index in [4.69, 9.17) is 4.98 Å². The summed E-state index contributed by atoms with van der Waals surface area (Å²) in [7, 11) is 0. The van der Waals surface area contributed by atoms with Crippen molar-refractivity contribution in [3.05, 3.63) is 90.2 Å². The van der Waals surface area contributed by atoms with Gasteiger partial charge in [0, 0.05) is 38.1 Å². The van der Waals surface area contributed by atoms with Crippen LogP contribution in [-0.2, 0) is 6.54 Å². The zero-order valence-electron chi connectivity index (χ0n) is 20.2. The Bertz CT molecular complexity index is 1570. The molecular formula is C28H26FN7O. The van der Waals surface area contributed by atoms with E-state index in [-0.39, 0.29) is 11.8 Å². The van der Waals surface area contributed by atoms with Gasteiger partial charge in [0.05, 0.1) is 11.1 Å². The van der Waals surface area contributed by atoms with E-state index in [1.807, 2.05) is 63.9 Å². The number of rotatable bonds is 4. The van der Waals surface area contributed by atoms with Crippen molar-refractivity contribution in [1.29, 1.82) is 0 Å². The van der Waals surface area contributed by atoms with Crippen molar-refractivity contribution in [2.24, 2.45) is 0 Å². The largest absolute Gasteiger partial charge is 0.340 e. The van der Waals surface area contributed by atoms with E-state index in [1.54, 1.807) is 18.2 Å². The van der Waals surface area contributed by atoms with Gasteiger partial charge in [0.15, 0.2) is 11.5 Å². The summed E-state index contributed by atoms with van der Waals surface area (Å²) in [6.45, 7) is 2.93. The first-order chi connectivity index (χ1) is 18.2. The van der Waals surface area contributed by atoms with Crippen LogP contribution in [0.5, 0.6) is 0 Å². The molecule has 0 radical (unpaired) electrons. The first-order valence-electron chi connectivity index (χ1n) is 12.4. The van der Waals surface area contributed by atoms with E-state index in [9.17, 15) is 9.18 Å². The average Bonchev–Trinajstić information content (AvgIpc) is 3.23. The molecule has 1 aliphatic heterocycles. The maximum atomic E-state index is 14.8. The average molecular weight is 496 g/mol. The lowest BCUT2D eigenvalue weighted by atomic mass is 10.2. The zero-order chi connectivity index (χ0) is 25.2. The predicted octanol–water partition coefficient (Wildman–Crippen LogP) is 4.51. The van der Waals surface area contributed by atoms with Gasteiger partial charge in [-0.1, -0.05) is 54.6 Å². The van der Waals surface area contributed by atoms with Crippen molar-refractivity contribution in [1.82, 2.24) is 29.8 Å². The molecule has 0 saturated carbocycles. The fraction of sp³-hybridized carbons (Fsp3) is 0.214. The highest BCUT2D eigenvalue weighted by Gasteiger charge is 2.25. The van der Waals surface area contributed by atoms with E-state index >= 15 is 0 Å². The number of urea groups is 1. The molecule has 3 aromatic carbocycles. The maximum absolute atomic E-state index is 14.8. The van der Waals surface area contributed by atoms with Crippen molar-refractivity contribution in [2.75, 3.05) is 31.1 Å². The molecule has 0 atom stereocenters. The van der Waals surface area contributed by atoms with E-state index in [2.05, 4.69) is 20.4 Å². The number of para-hydroxylation sites is 1. The SMILES string of the molecule is O=C(NCc1ccccc1)N1CCCN(c2nc3ccccc3c3nnc(-c4ccccc4F)n23)CC1. The number of aromatic nitrogens is 4. The maximum Gasteiger partial charge on any atom is 0.317 e. The highest BCUT2D eigenvalue weighted by atomic mass is 19.1. The third kappa shape index (κ3) is 4.44. The van der Waals surface area contributed by atoms with Crippen molar-refractivity contribution in [3.8, 4) is 11.4 Å². The van der Waals surface area contributed by atoms with E-state index in [0.29, 0.717) is 55.7 Å². The molecule has 6 rings (SSSR count). The van der Waals surface area contributed by atoms with Crippen LogP contribution in [0, 0.1) is 5.82 Å². The fourth-order valence-electron chi connectivity index (χ4n) is 4.80. The van der Waals surface area contributed by atoms with Crippen LogP contribution in [0.15, 0.2) is 78.9 Å². The molecule has 9 heteroatoms. The fourth-order valence-corrected chi connectivity index (χ4v) is 4.80. The number of hydrogen-bond acceptors (Lipinski definition) is 5. The van der Waals surface area contributed by atoms with Gasteiger partial charge in [0.2, 0.25) is 5.95 Å². The summed E-state index contributed by atoms with van der Waals surface area (Å²) in [4.78, 5) is 21.8. The number of anilines is 1. The van der Waals surface area contributed by atoms with Gasteiger partial charge < -0.3 is 15.1 Å². The van der Waals surface area contributed by atoms with Crippen LogP contribution < -0.4 is 10.2 Å². The van der Waals surface area contributed by atoms with Gasteiger partial charge in [-0.15, -0.1) is 10.2 Å². The van der Waals surface area contributed by atoms with Crippen molar-refractivity contribution in [3.63, 3.8) is 0 Å². The zero-order valence-corrected chi connectivity index (χ0v) is 20.2. The lowest BCUT2D eigenvalue weighted by molar-refractivity contribution is 0.201. The van der Waals surface area contributed by atoms with Crippen LogP contribution in [0.2, 0.25) is 0 Å². The number of halogens is 1. The van der Waals surface area contributed by atoms with Crippen LogP contribution in [0.1, 0.15) is 12.0 Å². The minimum Gasteiger partial charge on any atom is -0.340 e. The van der Waals surface area contributed by atoms with E-state index < -0.39 is 0 Å². The molecule has 2 aromatic heterocycles. The van der Waals surface area contributed by atoms with Crippen LogP contribution in [0.25, 0.3) is 27.9 Å². The lowest BCUT2D eigenvalue weighted by Gasteiger charge is -2.24. The summed E-state index contributed by atoms with van der Waals surface area (Å²) < 4.78 is 16.6. The predicted molar refractivity (Wildman–Crippen MR) is 141 cm³/mol. The van der Waals surface area contributed by atoms with Crippen molar-refractivity contribution in [2.45, 2.75) is 13.0 Å². The Kier molecular flexibility index (Phi) is 6.10. The lowest BCUT2D eigenvalue weighted by Crippen LogP contribution is -2.42. The summed E-state index contributed by atoms with van der Waals surface area (Å²) in [5, 5.41) is 12.7. The molecule has 0 aliphatic carbocycles. The van der Waals surface area contributed by atoms with Crippen LogP contribution in [0.4, 0.5) is 15.1 Å². The van der Waals surface area contributed by atoms with Gasteiger partial charge in [0.25, 0.3) is 0 Å². The first-order valence-corrected chi connectivity index (χ1v) is 12.4. The highest BCUT2D eigenvalue weighted by molar-refractivity contribution is 5.93. The second kappa shape index (κ2) is 9.85. The number of fused-ring (bicyclic) bond motifs is 3. The smallest absolute Gasteiger partial charge is 0.317 e. The Labute approximate surface area is 213 Å². The Hall–Kier alpha value is -4.53. The minimum absolute atomic E-state index is 0.0846. The van der Waals surface area contributed by atoms with Crippen molar-refractivity contribution >= 4 is 28.5 Å². The van der Waals surface area contributed by atoms with Gasteiger partial charge in [-0.25, -0.2) is 18.6 Å². The molecule has 0 bridgehead atoms. The summed E-state index contributed by atoms with van der Waals surface area (Å²) in [5.74, 6) is 0.680. The minimum atomic E-state index is -0.368. The molecule has 1 fully saturated rings. The molecule has 1 aliphatic rings. The number of amides is 2. The highest BCUT2D eigenvalue weighted by Crippen LogP contribution is 2.30. The molecule has 2 amide bonds. The van der Waals surface area contributed by atoms with Crippen LogP contribution in [0.3, 0.4) is 0 Å². The monoisotopic (exact) mass is 495 g/mol. The summed E-state index contributed by atoms with van der Waals surface area (Å²) in [5.41, 5.74) is 2.84. The molecule has 8 nitrogen and oxygen atoms in total. The summed E-state index contributed by atoms with van der Waals surface area (Å²) in [6, 6.07) is 24.1. The topological polar surface area (TPSA) is 78.7 Å². The normalized spacial score (nSPS) is 14.2. The molecule has 186 valence electrons. The van der Waals surface area contributed by atoms with Crippen LogP contribution in [-0.4, -0.2) is 56.7 Å². The van der Waals surface area contributed by atoms with Gasteiger partial charge in [0.1, 0.15) is 5.82 Å². The molecule has 1 saturated heterocycles. The quantitative estimate of drug-likeness (QED) is 0.397. The number of hydrogen-bond donors (Lipinski definition) is 1. The van der Waals surface area contributed by atoms with Gasteiger partial charge in [-0.2, -0.15) is 0 Å². The second-order valence-corrected chi connectivity index (χ2v) is 9.06. The van der Waals surface area contributed by atoms with Crippen LogP contribution >= 0.6 is 0 Å². The Balaban J connectivity index is 1.32. The van der Waals surface area contributed by atoms with E-state index in [0.717, 1.165) is 22.9 Å². The molecule has 37 heavy (non-hydrogen) atoms. The molecule has 3 heterocycles. The number of nitrogens with zero attached hydrogens (tertiary/aromatic N) is 6. The second-order valence-electron chi connectivity index (χ2n) is 9.06. The number of carbonyl (C=O) groups excluding carboxylic acids is 1. The van der Waals surface area contributed by atoms with Gasteiger partial charge in [-0.3, -0.25) is 0 Å². The molecular weight excluding hydrogens is 469 g/mol. The summed E-state index contributed by atoms with van der Waals surface area (Å²) >= 11 is 0. The molecule has 0 unspecified atom stereocenters. The first kappa shape index (κ1) is 22.9. The van der Waals surface area contributed by atoms with Crippen molar-refractivity contribution < 1.29 is 9.18 Å². The Morgan fingerprint density at radius 1 is 0.865 bits per heavy atom. The number of nitrogens with one attached hydrogen (secondary N) is 1. The Morgan fingerprint density at radius 2 is 1.65 bits per heavy atom. The number of benzene rings is 3. The standard InChI is InChI=1S/C28H26FN7O/c29-23-13-6-4-11-21(23)25-32-33-26-22-12-5-7-14-24(22)31-27(36(25)26)34-15-8-16-35(18-17-34)28(37)30-19-20-9-2-1-3-10-20/h1-7,9-14H,8,15-19H2,(H,30,37). The number of carbonyl (C=O) groups is 1. The third-order valence-corrected chi connectivity index (χ3v) is 6.70. The molecule has 1 N–H and O–H groups in total. The Morgan fingerprint density at radius 3 is 2.51 bits per heavy atom. The van der Waals surface area contributed by atoms with Gasteiger partial charge in [-0.05, 0) is 36.2 Å². The van der Waals surface area contributed by atoms with E-state index in [1.165, 1.54) is 6.07 Å². The molecule has 5 aromatic rings. The third-order valence-electron chi connectivity index (χ3n) is 6.70.